The van der Waals surface area contributed by atoms with E-state index < -0.39 is 4.92 Å². The highest BCUT2D eigenvalue weighted by Gasteiger charge is 2.17. The molecule has 0 bridgehead atoms. The molecule has 6 nitrogen and oxygen atoms in total. The third kappa shape index (κ3) is 5.67. The molecule has 2 aromatic rings. The summed E-state index contributed by atoms with van der Waals surface area (Å²) in [6.07, 6.45) is 1.76. The first-order chi connectivity index (χ1) is 11.9. The number of quaternary nitrogens is 1. The molecule has 0 saturated carbocycles. The molecule has 0 spiro atoms. The van der Waals surface area contributed by atoms with Gasteiger partial charge in [-0.2, -0.15) is 0 Å². The summed E-state index contributed by atoms with van der Waals surface area (Å²) in [5.41, 5.74) is 1.18. The molecule has 0 saturated heterocycles. The van der Waals surface area contributed by atoms with E-state index in [2.05, 4.69) is 11.9 Å². The Kier molecular flexibility index (Phi) is 6.69. The second-order valence-electron chi connectivity index (χ2n) is 5.61. The fourth-order valence-corrected chi connectivity index (χ4v) is 3.54. The lowest BCUT2D eigenvalue weighted by Crippen LogP contribution is -3.11. The average Bonchev–Trinajstić information content (AvgIpc) is 2.94. The summed E-state index contributed by atoms with van der Waals surface area (Å²) >= 11 is 7.43. The van der Waals surface area contributed by atoms with E-state index in [1.54, 1.807) is 19.1 Å². The predicted molar refractivity (Wildman–Crippen MR) is 100 cm³/mol. The van der Waals surface area contributed by atoms with E-state index in [-0.39, 0.29) is 18.1 Å². The summed E-state index contributed by atoms with van der Waals surface area (Å²) in [4.78, 5) is 24.9. The summed E-state index contributed by atoms with van der Waals surface area (Å²) in [6.45, 7) is 7.03. The summed E-state index contributed by atoms with van der Waals surface area (Å²) in [6, 6.07) is 8.19. The van der Waals surface area contributed by atoms with Gasteiger partial charge in [0.05, 0.1) is 26.4 Å². The van der Waals surface area contributed by atoms with Gasteiger partial charge in [-0.25, -0.2) is 0 Å². The fraction of sp³-hybridized carbons (Fsp3) is 0.235. The molecule has 1 atom stereocenters. The zero-order chi connectivity index (χ0) is 18.4. The van der Waals surface area contributed by atoms with Crippen LogP contribution in [-0.2, 0) is 11.3 Å². The number of rotatable bonds is 8. The third-order valence-electron chi connectivity index (χ3n) is 3.60. The number of halogens is 1. The first kappa shape index (κ1) is 19.1. The van der Waals surface area contributed by atoms with Gasteiger partial charge in [-0.3, -0.25) is 14.9 Å². The van der Waals surface area contributed by atoms with Crippen molar-refractivity contribution in [3.8, 4) is 0 Å². The molecule has 2 N–H and O–H groups in total. The number of aryl methyl sites for hydroxylation is 1. The number of hydrogen-bond donors (Lipinski definition) is 2. The molecule has 1 unspecified atom stereocenters. The maximum atomic E-state index is 12.4. The predicted octanol–water partition coefficient (Wildman–Crippen LogP) is 2.83. The van der Waals surface area contributed by atoms with Crippen LogP contribution in [0, 0.1) is 17.0 Å². The summed E-state index contributed by atoms with van der Waals surface area (Å²) in [5, 5.41) is 13.7. The quantitative estimate of drug-likeness (QED) is 0.420. The smallest absolute Gasteiger partial charge is 0.279 e. The van der Waals surface area contributed by atoms with Gasteiger partial charge in [-0.1, -0.05) is 24.2 Å². The molecule has 1 amide bonds. The Hall–Kier alpha value is -2.22. The van der Waals surface area contributed by atoms with Crippen LogP contribution in [0.25, 0.3) is 0 Å². The number of nitro benzene ring substituents is 1. The van der Waals surface area contributed by atoms with Crippen LogP contribution in [0.2, 0.25) is 4.34 Å². The van der Waals surface area contributed by atoms with Crippen LogP contribution in [0.1, 0.15) is 10.4 Å². The zero-order valence-corrected chi connectivity index (χ0v) is 15.3. The Morgan fingerprint density at radius 2 is 2.20 bits per heavy atom. The van der Waals surface area contributed by atoms with Crippen LogP contribution in [0.5, 0.6) is 0 Å². The topological polar surface area (TPSA) is 76.7 Å². The van der Waals surface area contributed by atoms with Crippen LogP contribution < -0.4 is 10.2 Å². The highest BCUT2D eigenvalue weighted by atomic mass is 35.5. The standard InChI is InChI=1S/C17H18ClN3O3S/c1-3-8-20(10-14-6-7-16(18)25-14)11-17(22)19-15-9-13(21(23)24)5-4-12(15)2/h3-7,9H,1,8,10-11H2,2H3,(H,19,22)/p+1. The van der Waals surface area contributed by atoms with Gasteiger partial charge in [0.25, 0.3) is 11.6 Å². The maximum Gasteiger partial charge on any atom is 0.279 e. The number of non-ortho nitro benzene ring substituents is 1. The molecule has 132 valence electrons. The van der Waals surface area contributed by atoms with E-state index in [1.165, 1.54) is 23.5 Å². The average molecular weight is 381 g/mol. The van der Waals surface area contributed by atoms with Crippen molar-refractivity contribution in [3.63, 3.8) is 0 Å². The van der Waals surface area contributed by atoms with Gasteiger partial charge in [-0.05, 0) is 30.7 Å². The van der Waals surface area contributed by atoms with Gasteiger partial charge >= 0.3 is 0 Å². The Morgan fingerprint density at radius 1 is 1.44 bits per heavy atom. The molecule has 25 heavy (non-hydrogen) atoms. The third-order valence-corrected chi connectivity index (χ3v) is 4.83. The molecule has 0 aliphatic rings. The number of nitro groups is 1. The minimum atomic E-state index is -0.481. The number of thiophene rings is 1. The molecule has 2 rings (SSSR count). The maximum absolute atomic E-state index is 12.4. The van der Waals surface area contributed by atoms with Crippen LogP contribution in [0.4, 0.5) is 11.4 Å². The Balaban J connectivity index is 2.04. The van der Waals surface area contributed by atoms with Crippen molar-refractivity contribution in [2.45, 2.75) is 13.5 Å². The molecule has 8 heteroatoms. The highest BCUT2D eigenvalue weighted by Crippen LogP contribution is 2.22. The van der Waals surface area contributed by atoms with Crippen LogP contribution in [-0.4, -0.2) is 23.9 Å². The SMILES string of the molecule is C=CC[NH+](CC(=O)Nc1cc([N+](=O)[O-])ccc1C)Cc1ccc(Cl)s1. The normalized spacial score (nSPS) is 11.8. The second-order valence-corrected chi connectivity index (χ2v) is 7.41. The number of benzene rings is 1. The second kappa shape index (κ2) is 8.75. The van der Waals surface area contributed by atoms with Gasteiger partial charge < -0.3 is 10.2 Å². The minimum absolute atomic E-state index is 0.0515. The van der Waals surface area contributed by atoms with Gasteiger partial charge in [0.15, 0.2) is 6.54 Å². The van der Waals surface area contributed by atoms with E-state index in [1.807, 2.05) is 12.1 Å². The van der Waals surface area contributed by atoms with E-state index in [9.17, 15) is 14.9 Å². The molecule has 0 fully saturated rings. The number of nitrogens with one attached hydrogen (secondary N) is 2. The van der Waals surface area contributed by atoms with Crippen molar-refractivity contribution in [1.82, 2.24) is 0 Å². The lowest BCUT2D eigenvalue weighted by atomic mass is 10.2. The number of carbonyl (C=O) groups excluding carboxylic acids is 1. The van der Waals surface area contributed by atoms with Crippen molar-refractivity contribution < 1.29 is 14.6 Å². The van der Waals surface area contributed by atoms with E-state index in [0.29, 0.717) is 23.1 Å². The number of carbonyl (C=O) groups is 1. The number of anilines is 1. The van der Waals surface area contributed by atoms with Gasteiger partial charge in [0.2, 0.25) is 0 Å². The van der Waals surface area contributed by atoms with Crippen LogP contribution in [0.3, 0.4) is 0 Å². The van der Waals surface area contributed by atoms with Gasteiger partial charge in [0, 0.05) is 12.1 Å². The first-order valence-electron chi connectivity index (χ1n) is 7.62. The Morgan fingerprint density at radius 3 is 2.80 bits per heavy atom. The molecule has 1 aromatic heterocycles. The molecular weight excluding hydrogens is 362 g/mol. The van der Waals surface area contributed by atoms with Crippen molar-refractivity contribution in [3.05, 3.63) is 67.9 Å². The number of amides is 1. The first-order valence-corrected chi connectivity index (χ1v) is 8.82. The van der Waals surface area contributed by atoms with E-state index in [4.69, 9.17) is 11.6 Å². The van der Waals surface area contributed by atoms with Gasteiger partial charge in [-0.15, -0.1) is 11.3 Å². The molecular formula is C17H19ClN3O3S+. The van der Waals surface area contributed by atoms with E-state index >= 15 is 0 Å². The monoisotopic (exact) mass is 380 g/mol. The molecule has 0 aliphatic carbocycles. The molecule has 0 aliphatic heterocycles. The Bertz CT molecular complexity index is 791. The van der Waals surface area contributed by atoms with Crippen LogP contribution in [0.15, 0.2) is 43.0 Å². The zero-order valence-electron chi connectivity index (χ0n) is 13.8. The highest BCUT2D eigenvalue weighted by molar-refractivity contribution is 7.16. The van der Waals surface area contributed by atoms with E-state index in [0.717, 1.165) is 15.3 Å². The lowest BCUT2D eigenvalue weighted by molar-refractivity contribution is -0.899. The van der Waals surface area contributed by atoms with Crippen molar-refractivity contribution in [2.24, 2.45) is 0 Å². The summed E-state index contributed by atoms with van der Waals surface area (Å²) in [5.74, 6) is -0.205. The van der Waals surface area contributed by atoms with Crippen molar-refractivity contribution in [1.29, 1.82) is 0 Å². The van der Waals surface area contributed by atoms with Crippen molar-refractivity contribution >= 4 is 40.2 Å². The molecule has 0 radical (unpaired) electrons. The lowest BCUT2D eigenvalue weighted by Gasteiger charge is -2.17. The number of nitrogens with zero attached hydrogens (tertiary/aromatic N) is 1. The fourth-order valence-electron chi connectivity index (χ4n) is 2.38. The largest absolute Gasteiger partial charge is 0.321 e. The Labute approximate surface area is 154 Å². The van der Waals surface area contributed by atoms with Crippen LogP contribution >= 0.6 is 22.9 Å². The molecule has 1 aromatic carbocycles. The summed E-state index contributed by atoms with van der Waals surface area (Å²) < 4.78 is 0.713. The molecule has 1 heterocycles. The minimum Gasteiger partial charge on any atom is -0.321 e. The van der Waals surface area contributed by atoms with Crippen molar-refractivity contribution in [2.75, 3.05) is 18.4 Å². The van der Waals surface area contributed by atoms with Gasteiger partial charge in [0.1, 0.15) is 6.54 Å². The summed E-state index contributed by atoms with van der Waals surface area (Å²) in [7, 11) is 0. The number of hydrogen-bond acceptors (Lipinski definition) is 4.